The number of nitrogens with one attached hydrogen (secondary N) is 1. The minimum absolute atomic E-state index is 0.0610. The van der Waals surface area contributed by atoms with Gasteiger partial charge in [-0.1, -0.05) is 0 Å². The fourth-order valence-corrected chi connectivity index (χ4v) is 1.83. The summed E-state index contributed by atoms with van der Waals surface area (Å²) in [6, 6.07) is 3.78. The summed E-state index contributed by atoms with van der Waals surface area (Å²) in [5.74, 6) is 1.43. The molecule has 0 radical (unpaired) electrons. The minimum Gasteiger partial charge on any atom is -0.468 e. The topological polar surface area (TPSA) is 42.2 Å². The molecule has 0 spiro atoms. The van der Waals surface area contributed by atoms with Crippen LogP contribution in [0, 0.1) is 0 Å². The van der Waals surface area contributed by atoms with Crippen LogP contribution in [0.1, 0.15) is 11.8 Å². The lowest BCUT2D eigenvalue weighted by molar-refractivity contribution is 0.451. The highest BCUT2D eigenvalue weighted by atomic mass is 32.2. The summed E-state index contributed by atoms with van der Waals surface area (Å²) in [7, 11) is 1.03. The van der Waals surface area contributed by atoms with Gasteiger partial charge in [-0.2, -0.15) is 0 Å². The fourth-order valence-electron chi connectivity index (χ4n) is 1.03. The van der Waals surface area contributed by atoms with Gasteiger partial charge in [-0.25, -0.2) is 0 Å². The zero-order valence-corrected chi connectivity index (χ0v) is 8.06. The third-order valence-corrected chi connectivity index (χ3v) is 2.44. The Hall–Kier alpha value is -0.610. The molecular weight excluding hydrogens is 174 g/mol. The molecule has 0 bridgehead atoms. The Balaban J connectivity index is 2.63. The van der Waals surface area contributed by atoms with E-state index < -0.39 is 10.8 Å². The second-order valence-corrected chi connectivity index (χ2v) is 4.08. The van der Waals surface area contributed by atoms with Crippen LogP contribution in [0.15, 0.2) is 22.8 Å². The van der Waals surface area contributed by atoms with Gasteiger partial charge >= 0.3 is 0 Å². The molecule has 0 aliphatic heterocycles. The molecule has 2 unspecified atom stereocenters. The van der Waals surface area contributed by atoms with Gasteiger partial charge in [-0.05, 0) is 19.2 Å². The van der Waals surface area contributed by atoms with E-state index >= 15 is 0 Å². The van der Waals surface area contributed by atoms with Crippen LogP contribution in [0.5, 0.6) is 0 Å². The first-order valence-electron chi connectivity index (χ1n) is 3.74. The van der Waals surface area contributed by atoms with E-state index in [-0.39, 0.29) is 6.04 Å². The number of furan rings is 1. The van der Waals surface area contributed by atoms with Crippen LogP contribution in [-0.4, -0.2) is 23.3 Å². The largest absolute Gasteiger partial charge is 0.468 e. The zero-order valence-electron chi connectivity index (χ0n) is 7.24. The second kappa shape index (κ2) is 4.42. The first kappa shape index (κ1) is 9.48. The lowest BCUT2D eigenvalue weighted by atomic mass is 10.2. The lowest BCUT2D eigenvalue weighted by Crippen LogP contribution is -2.21. The smallest absolute Gasteiger partial charge is 0.121 e. The molecule has 1 heterocycles. The maximum absolute atomic E-state index is 10.9. The van der Waals surface area contributed by atoms with E-state index in [4.69, 9.17) is 4.42 Å². The van der Waals surface area contributed by atoms with Gasteiger partial charge in [0.25, 0.3) is 0 Å². The van der Waals surface area contributed by atoms with Gasteiger partial charge in [0.1, 0.15) is 5.76 Å². The standard InChI is InChI=1S/C8H13NO2S/c1-9-7(6-12(2)10)8-4-3-5-11-8/h3-5,7,9H,6H2,1-2H3. The molecule has 0 aliphatic carbocycles. The van der Waals surface area contributed by atoms with Crippen molar-refractivity contribution >= 4 is 10.8 Å². The van der Waals surface area contributed by atoms with E-state index in [0.717, 1.165) is 5.76 Å². The molecule has 3 nitrogen and oxygen atoms in total. The summed E-state index contributed by atoms with van der Waals surface area (Å²) in [6.45, 7) is 0. The van der Waals surface area contributed by atoms with E-state index in [0.29, 0.717) is 5.75 Å². The molecule has 0 fully saturated rings. The van der Waals surface area contributed by atoms with Gasteiger partial charge in [0.2, 0.25) is 0 Å². The highest BCUT2D eigenvalue weighted by molar-refractivity contribution is 7.84. The molecular formula is C8H13NO2S. The van der Waals surface area contributed by atoms with Gasteiger partial charge in [-0.15, -0.1) is 0 Å². The van der Waals surface area contributed by atoms with Gasteiger partial charge in [0.15, 0.2) is 0 Å². The van der Waals surface area contributed by atoms with Crippen molar-refractivity contribution in [2.75, 3.05) is 19.1 Å². The summed E-state index contributed by atoms with van der Waals surface area (Å²) in [5.41, 5.74) is 0. The Kier molecular flexibility index (Phi) is 3.49. The summed E-state index contributed by atoms with van der Waals surface area (Å²) in [5, 5.41) is 3.05. The summed E-state index contributed by atoms with van der Waals surface area (Å²) < 4.78 is 16.1. The molecule has 0 amide bonds. The highest BCUT2D eigenvalue weighted by Crippen LogP contribution is 2.13. The van der Waals surface area contributed by atoms with Crippen LogP contribution in [-0.2, 0) is 10.8 Å². The molecule has 0 aromatic carbocycles. The molecule has 1 rings (SSSR count). The predicted molar refractivity (Wildman–Crippen MR) is 49.4 cm³/mol. The molecule has 1 aromatic rings. The molecule has 2 atom stereocenters. The van der Waals surface area contributed by atoms with Crippen molar-refractivity contribution in [3.8, 4) is 0 Å². The first-order valence-corrected chi connectivity index (χ1v) is 5.47. The molecule has 0 saturated heterocycles. The molecule has 1 N–H and O–H groups in total. The summed E-state index contributed by atoms with van der Waals surface area (Å²) in [6.07, 6.45) is 3.31. The van der Waals surface area contributed by atoms with Crippen molar-refractivity contribution in [3.63, 3.8) is 0 Å². The summed E-state index contributed by atoms with van der Waals surface area (Å²) in [4.78, 5) is 0. The maximum atomic E-state index is 10.9. The SMILES string of the molecule is CNC(CS(C)=O)c1ccco1. The first-order chi connectivity index (χ1) is 5.74. The zero-order chi connectivity index (χ0) is 8.97. The third kappa shape index (κ3) is 2.46. The van der Waals surface area contributed by atoms with Crippen molar-refractivity contribution in [1.82, 2.24) is 5.32 Å². The van der Waals surface area contributed by atoms with Crippen molar-refractivity contribution < 1.29 is 8.63 Å². The van der Waals surface area contributed by atoms with Crippen LogP contribution in [0.2, 0.25) is 0 Å². The Morgan fingerprint density at radius 3 is 2.92 bits per heavy atom. The van der Waals surface area contributed by atoms with E-state index in [1.54, 1.807) is 12.5 Å². The molecule has 1 aromatic heterocycles. The predicted octanol–water partition coefficient (Wildman–Crippen LogP) is 0.919. The third-order valence-electron chi connectivity index (χ3n) is 1.64. The van der Waals surface area contributed by atoms with Gasteiger partial charge in [-0.3, -0.25) is 4.21 Å². The van der Waals surface area contributed by atoms with Gasteiger partial charge in [0.05, 0.1) is 12.3 Å². The minimum atomic E-state index is -0.803. The average molecular weight is 187 g/mol. The molecule has 68 valence electrons. The number of hydrogen-bond acceptors (Lipinski definition) is 3. The van der Waals surface area contributed by atoms with E-state index in [1.165, 1.54) is 0 Å². The second-order valence-electron chi connectivity index (χ2n) is 2.60. The Morgan fingerprint density at radius 2 is 2.50 bits per heavy atom. The van der Waals surface area contributed by atoms with E-state index in [2.05, 4.69) is 5.32 Å². The maximum Gasteiger partial charge on any atom is 0.121 e. The van der Waals surface area contributed by atoms with Gasteiger partial charge in [0, 0.05) is 22.8 Å². The van der Waals surface area contributed by atoms with E-state index in [1.807, 2.05) is 19.2 Å². The Labute approximate surface area is 74.6 Å². The molecule has 0 saturated carbocycles. The molecule has 12 heavy (non-hydrogen) atoms. The van der Waals surface area contributed by atoms with Crippen molar-refractivity contribution in [1.29, 1.82) is 0 Å². The Bertz CT molecular complexity index is 246. The van der Waals surface area contributed by atoms with Crippen LogP contribution in [0.25, 0.3) is 0 Å². The van der Waals surface area contributed by atoms with Crippen LogP contribution < -0.4 is 5.32 Å². The van der Waals surface area contributed by atoms with Gasteiger partial charge < -0.3 is 9.73 Å². The lowest BCUT2D eigenvalue weighted by Gasteiger charge is -2.10. The molecule has 0 aliphatic rings. The van der Waals surface area contributed by atoms with Crippen LogP contribution in [0.4, 0.5) is 0 Å². The average Bonchev–Trinajstić information content (AvgIpc) is 2.51. The number of hydrogen-bond donors (Lipinski definition) is 1. The fraction of sp³-hybridized carbons (Fsp3) is 0.500. The number of rotatable bonds is 4. The monoisotopic (exact) mass is 187 g/mol. The molecule has 4 heteroatoms. The Morgan fingerprint density at radius 1 is 1.75 bits per heavy atom. The van der Waals surface area contributed by atoms with Crippen molar-refractivity contribution in [3.05, 3.63) is 24.2 Å². The van der Waals surface area contributed by atoms with Crippen molar-refractivity contribution in [2.24, 2.45) is 0 Å². The van der Waals surface area contributed by atoms with Crippen LogP contribution >= 0.6 is 0 Å². The van der Waals surface area contributed by atoms with Crippen molar-refractivity contribution in [2.45, 2.75) is 6.04 Å². The van der Waals surface area contributed by atoms with Crippen LogP contribution in [0.3, 0.4) is 0 Å². The summed E-state index contributed by atoms with van der Waals surface area (Å²) >= 11 is 0. The normalized spacial score (nSPS) is 15.8. The highest BCUT2D eigenvalue weighted by Gasteiger charge is 2.12. The quantitative estimate of drug-likeness (QED) is 0.762. The van der Waals surface area contributed by atoms with E-state index in [9.17, 15) is 4.21 Å².